The molecule has 0 aliphatic rings. The summed E-state index contributed by atoms with van der Waals surface area (Å²) in [6.07, 6.45) is 7.66. The molecule has 1 aromatic carbocycles. The molecule has 0 aliphatic carbocycles. The van der Waals surface area contributed by atoms with Crippen LogP contribution in [0.3, 0.4) is 0 Å². The summed E-state index contributed by atoms with van der Waals surface area (Å²) in [6, 6.07) is 6.97. The Kier molecular flexibility index (Phi) is 4.20. The van der Waals surface area contributed by atoms with E-state index in [0.717, 1.165) is 22.6 Å². The molecular weight excluding hydrogens is 298 g/mol. The Hall–Kier alpha value is -2.60. The highest BCUT2D eigenvalue weighted by Crippen LogP contribution is 2.13. The van der Waals surface area contributed by atoms with Gasteiger partial charge in [-0.15, -0.1) is 11.3 Å². The number of nitrogens with zero attached hydrogens (tertiary/aromatic N) is 2. The summed E-state index contributed by atoms with van der Waals surface area (Å²) in [5.74, 6) is 0.111. The Labute approximate surface area is 131 Å². The fraction of sp³-hybridized carbons (Fsp3) is 0.125. The molecular formula is C16H15N3O2S. The van der Waals surface area contributed by atoms with E-state index in [1.165, 1.54) is 6.08 Å². The third-order valence-corrected chi connectivity index (χ3v) is 4.00. The highest BCUT2D eigenvalue weighted by atomic mass is 32.1. The fourth-order valence-electron chi connectivity index (χ4n) is 2.08. The van der Waals surface area contributed by atoms with Crippen LogP contribution in [0.5, 0.6) is 5.75 Å². The number of carbonyl (C=O) groups excluding carboxylic acids is 1. The molecule has 3 aromatic rings. The van der Waals surface area contributed by atoms with E-state index in [-0.39, 0.29) is 11.7 Å². The standard InChI is InChI=1S/C16H15N3O2S/c20-14-4-1-12(2-5-14)7-8-17-15(21)6-3-13-11-18-16-19(13)9-10-22-16/h1-6,9-11,20H,7-8H2,(H,17,21)/b6-3+. The molecule has 2 aromatic heterocycles. The number of aromatic nitrogens is 2. The molecule has 0 spiro atoms. The lowest BCUT2D eigenvalue weighted by Gasteiger charge is -2.03. The third-order valence-electron chi connectivity index (χ3n) is 3.23. The number of imidazole rings is 1. The number of hydrogen-bond donors (Lipinski definition) is 2. The van der Waals surface area contributed by atoms with Gasteiger partial charge >= 0.3 is 0 Å². The first-order valence-corrected chi connectivity index (χ1v) is 7.75. The molecule has 2 heterocycles. The van der Waals surface area contributed by atoms with E-state index in [1.54, 1.807) is 35.7 Å². The lowest BCUT2D eigenvalue weighted by Crippen LogP contribution is -2.23. The summed E-state index contributed by atoms with van der Waals surface area (Å²) in [5.41, 5.74) is 1.95. The van der Waals surface area contributed by atoms with E-state index in [4.69, 9.17) is 0 Å². The summed E-state index contributed by atoms with van der Waals surface area (Å²) in [5, 5.41) is 14.0. The number of carbonyl (C=O) groups is 1. The van der Waals surface area contributed by atoms with E-state index in [1.807, 2.05) is 28.1 Å². The summed E-state index contributed by atoms with van der Waals surface area (Å²) in [7, 11) is 0. The second kappa shape index (κ2) is 6.44. The van der Waals surface area contributed by atoms with Crippen LogP contribution in [0.4, 0.5) is 0 Å². The second-order valence-corrected chi connectivity index (χ2v) is 5.65. The van der Waals surface area contributed by atoms with Crippen LogP contribution in [0.15, 0.2) is 48.1 Å². The average molecular weight is 313 g/mol. The number of rotatable bonds is 5. The highest BCUT2D eigenvalue weighted by Gasteiger charge is 2.01. The van der Waals surface area contributed by atoms with Gasteiger partial charge in [-0.2, -0.15) is 0 Å². The molecule has 1 amide bonds. The monoisotopic (exact) mass is 313 g/mol. The number of phenols is 1. The molecule has 5 nitrogen and oxygen atoms in total. The van der Waals surface area contributed by atoms with Crippen LogP contribution in [0.25, 0.3) is 11.0 Å². The molecule has 0 unspecified atom stereocenters. The number of fused-ring (bicyclic) bond motifs is 1. The van der Waals surface area contributed by atoms with Crippen molar-refractivity contribution in [2.45, 2.75) is 6.42 Å². The summed E-state index contributed by atoms with van der Waals surface area (Å²) >= 11 is 1.55. The Balaban J connectivity index is 1.51. The minimum absolute atomic E-state index is 0.135. The lowest BCUT2D eigenvalue weighted by atomic mass is 10.1. The van der Waals surface area contributed by atoms with Crippen LogP contribution in [-0.4, -0.2) is 26.9 Å². The zero-order valence-electron chi connectivity index (χ0n) is 11.8. The number of hydrogen-bond acceptors (Lipinski definition) is 4. The van der Waals surface area contributed by atoms with Crippen molar-refractivity contribution in [2.75, 3.05) is 6.54 Å². The van der Waals surface area contributed by atoms with E-state index in [2.05, 4.69) is 10.3 Å². The van der Waals surface area contributed by atoms with E-state index in [9.17, 15) is 9.90 Å². The summed E-state index contributed by atoms with van der Waals surface area (Å²) < 4.78 is 1.94. The van der Waals surface area contributed by atoms with Gasteiger partial charge in [-0.05, 0) is 30.2 Å². The molecule has 0 fully saturated rings. The number of phenolic OH excluding ortho intramolecular Hbond substituents is 1. The van der Waals surface area contributed by atoms with Crippen LogP contribution in [0.2, 0.25) is 0 Å². The van der Waals surface area contributed by atoms with E-state index >= 15 is 0 Å². The molecule has 0 radical (unpaired) electrons. The van der Waals surface area contributed by atoms with E-state index in [0.29, 0.717) is 6.54 Å². The average Bonchev–Trinajstić information content (AvgIpc) is 3.11. The Morgan fingerprint density at radius 3 is 3.00 bits per heavy atom. The second-order valence-electron chi connectivity index (χ2n) is 4.78. The van der Waals surface area contributed by atoms with Gasteiger partial charge in [0.1, 0.15) is 5.75 Å². The normalized spacial score (nSPS) is 11.3. The molecule has 6 heteroatoms. The van der Waals surface area contributed by atoms with Gasteiger partial charge in [-0.1, -0.05) is 12.1 Å². The molecule has 0 bridgehead atoms. The van der Waals surface area contributed by atoms with Gasteiger partial charge in [-0.25, -0.2) is 4.98 Å². The van der Waals surface area contributed by atoms with Crippen LogP contribution in [0, 0.1) is 0 Å². The molecule has 0 atom stereocenters. The highest BCUT2D eigenvalue weighted by molar-refractivity contribution is 7.15. The Morgan fingerprint density at radius 2 is 2.18 bits per heavy atom. The molecule has 0 aliphatic heterocycles. The van der Waals surface area contributed by atoms with Crippen molar-refractivity contribution in [1.82, 2.24) is 14.7 Å². The van der Waals surface area contributed by atoms with Gasteiger partial charge in [0, 0.05) is 24.2 Å². The number of benzene rings is 1. The van der Waals surface area contributed by atoms with Crippen LogP contribution >= 0.6 is 11.3 Å². The lowest BCUT2D eigenvalue weighted by molar-refractivity contribution is -0.116. The quantitative estimate of drug-likeness (QED) is 0.711. The van der Waals surface area contributed by atoms with Crippen molar-refractivity contribution in [3.63, 3.8) is 0 Å². The fourth-order valence-corrected chi connectivity index (χ4v) is 2.78. The molecule has 0 saturated heterocycles. The summed E-state index contributed by atoms with van der Waals surface area (Å²) in [4.78, 5) is 16.9. The number of nitrogens with one attached hydrogen (secondary N) is 1. The number of thiazole rings is 1. The van der Waals surface area contributed by atoms with Crippen molar-refractivity contribution in [1.29, 1.82) is 0 Å². The first-order chi connectivity index (χ1) is 10.7. The predicted octanol–water partition coefficient (Wildman–Crippen LogP) is 2.47. The topological polar surface area (TPSA) is 66.6 Å². The van der Waals surface area contributed by atoms with Crippen LogP contribution < -0.4 is 5.32 Å². The van der Waals surface area contributed by atoms with Gasteiger partial charge in [0.15, 0.2) is 4.96 Å². The largest absolute Gasteiger partial charge is 0.508 e. The molecule has 22 heavy (non-hydrogen) atoms. The minimum Gasteiger partial charge on any atom is -0.508 e. The smallest absolute Gasteiger partial charge is 0.244 e. The first kappa shape index (κ1) is 14.3. The van der Waals surface area contributed by atoms with Crippen molar-refractivity contribution in [2.24, 2.45) is 0 Å². The summed E-state index contributed by atoms with van der Waals surface area (Å²) in [6.45, 7) is 0.550. The van der Waals surface area contributed by atoms with Gasteiger partial charge < -0.3 is 10.4 Å². The van der Waals surface area contributed by atoms with Crippen LogP contribution in [-0.2, 0) is 11.2 Å². The van der Waals surface area contributed by atoms with Crippen molar-refractivity contribution in [3.8, 4) is 5.75 Å². The zero-order valence-corrected chi connectivity index (χ0v) is 12.6. The van der Waals surface area contributed by atoms with Crippen molar-refractivity contribution in [3.05, 3.63) is 59.4 Å². The maximum Gasteiger partial charge on any atom is 0.244 e. The van der Waals surface area contributed by atoms with Crippen molar-refractivity contribution < 1.29 is 9.90 Å². The predicted molar refractivity (Wildman–Crippen MR) is 86.9 cm³/mol. The van der Waals surface area contributed by atoms with E-state index < -0.39 is 0 Å². The number of amides is 1. The first-order valence-electron chi connectivity index (χ1n) is 6.87. The van der Waals surface area contributed by atoms with Gasteiger partial charge in [-0.3, -0.25) is 9.20 Å². The van der Waals surface area contributed by atoms with Gasteiger partial charge in [0.05, 0.1) is 11.9 Å². The third kappa shape index (κ3) is 3.35. The number of aromatic hydroxyl groups is 1. The Bertz CT molecular complexity index is 802. The minimum atomic E-state index is -0.135. The molecule has 0 saturated carbocycles. The Morgan fingerprint density at radius 1 is 1.36 bits per heavy atom. The molecule has 3 rings (SSSR count). The molecule has 112 valence electrons. The van der Waals surface area contributed by atoms with Crippen LogP contribution in [0.1, 0.15) is 11.3 Å². The van der Waals surface area contributed by atoms with Gasteiger partial charge in [0.25, 0.3) is 0 Å². The van der Waals surface area contributed by atoms with Gasteiger partial charge in [0.2, 0.25) is 5.91 Å². The molecule has 2 N–H and O–H groups in total. The maximum atomic E-state index is 11.8. The maximum absolute atomic E-state index is 11.8. The SMILES string of the molecule is O=C(/C=C/c1cnc2sccn12)NCCc1ccc(O)cc1. The zero-order chi connectivity index (χ0) is 15.4. The van der Waals surface area contributed by atoms with Crippen molar-refractivity contribution >= 4 is 28.3 Å².